The number of amides is 1. The van der Waals surface area contributed by atoms with Gasteiger partial charge in [-0.3, -0.25) is 9.59 Å². The topological polar surface area (TPSA) is 75.6 Å². The van der Waals surface area contributed by atoms with Crippen LogP contribution in [0.4, 0.5) is 5.69 Å². The highest BCUT2D eigenvalue weighted by Gasteiger charge is 2.33. The zero-order valence-electron chi connectivity index (χ0n) is 11.9. The summed E-state index contributed by atoms with van der Waals surface area (Å²) in [6, 6.07) is 7.09. The number of nitrogens with one attached hydrogen (secondary N) is 1. The number of carboxylic acids is 1. The molecule has 0 saturated heterocycles. The van der Waals surface area contributed by atoms with Crippen LogP contribution in [0.25, 0.3) is 0 Å². The Morgan fingerprint density at radius 3 is 2.67 bits per heavy atom. The molecule has 1 aromatic rings. The summed E-state index contributed by atoms with van der Waals surface area (Å²) in [6.07, 6.45) is 4.53. The predicted molar refractivity (Wildman–Crippen MR) is 79.2 cm³/mol. The molecule has 0 aromatic heterocycles. The monoisotopic (exact) mass is 289 g/mol. The second-order valence-corrected chi connectivity index (χ2v) is 4.94. The quantitative estimate of drug-likeness (QED) is 0.817. The lowest BCUT2D eigenvalue weighted by atomic mass is 9.82. The number of anilines is 1. The van der Waals surface area contributed by atoms with E-state index >= 15 is 0 Å². The first-order valence-electron chi connectivity index (χ1n) is 7.03. The zero-order chi connectivity index (χ0) is 15.2. The van der Waals surface area contributed by atoms with Crippen LogP contribution in [-0.2, 0) is 9.59 Å². The molecule has 0 aliphatic heterocycles. The van der Waals surface area contributed by atoms with E-state index in [0.29, 0.717) is 30.9 Å². The van der Waals surface area contributed by atoms with Crippen LogP contribution in [0.1, 0.15) is 19.8 Å². The number of ether oxygens (including phenoxy) is 1. The lowest BCUT2D eigenvalue weighted by molar-refractivity contribution is -0.146. The second-order valence-electron chi connectivity index (χ2n) is 4.94. The molecule has 112 valence electrons. The third-order valence-corrected chi connectivity index (χ3v) is 3.50. The summed E-state index contributed by atoms with van der Waals surface area (Å²) < 4.78 is 5.38. The summed E-state index contributed by atoms with van der Waals surface area (Å²) in [4.78, 5) is 23.5. The number of carboxylic acid groups (broad SMARTS) is 1. The first-order chi connectivity index (χ1) is 10.1. The van der Waals surface area contributed by atoms with Crippen LogP contribution in [0, 0.1) is 11.8 Å². The van der Waals surface area contributed by atoms with Crippen LogP contribution in [-0.4, -0.2) is 23.6 Å². The van der Waals surface area contributed by atoms with Gasteiger partial charge in [-0.15, -0.1) is 0 Å². The van der Waals surface area contributed by atoms with E-state index in [0.717, 1.165) is 0 Å². The summed E-state index contributed by atoms with van der Waals surface area (Å²) in [5, 5.41) is 12.0. The fraction of sp³-hybridized carbons (Fsp3) is 0.375. The van der Waals surface area contributed by atoms with Gasteiger partial charge in [0.1, 0.15) is 5.75 Å². The van der Waals surface area contributed by atoms with Gasteiger partial charge in [-0.25, -0.2) is 0 Å². The molecule has 1 aromatic carbocycles. The standard InChI is InChI=1S/C16H19NO4/c1-2-21-12-7-5-6-11(10-12)17-15(18)13-8-3-4-9-14(13)16(19)20/h3-7,10,13-14H,2,8-9H2,1H3,(H,17,18)(H,19,20)/t13-,14+/m1/s1. The van der Waals surface area contributed by atoms with Crippen LogP contribution >= 0.6 is 0 Å². The Balaban J connectivity index is 2.08. The summed E-state index contributed by atoms with van der Waals surface area (Å²) in [5.74, 6) is -1.72. The molecular weight excluding hydrogens is 270 g/mol. The Bertz CT molecular complexity index is 553. The van der Waals surface area contributed by atoms with Crippen LogP contribution < -0.4 is 10.1 Å². The van der Waals surface area contributed by atoms with Gasteiger partial charge in [0.25, 0.3) is 0 Å². The van der Waals surface area contributed by atoms with Crippen LogP contribution in [0.15, 0.2) is 36.4 Å². The molecule has 1 amide bonds. The number of benzene rings is 1. The molecule has 21 heavy (non-hydrogen) atoms. The van der Waals surface area contributed by atoms with Crippen molar-refractivity contribution < 1.29 is 19.4 Å². The van der Waals surface area contributed by atoms with Crippen molar-refractivity contribution in [2.24, 2.45) is 11.8 Å². The average molecular weight is 289 g/mol. The third-order valence-electron chi connectivity index (χ3n) is 3.50. The van der Waals surface area contributed by atoms with Crippen molar-refractivity contribution in [3.05, 3.63) is 36.4 Å². The molecule has 0 heterocycles. The highest BCUT2D eigenvalue weighted by atomic mass is 16.5. The number of carbonyl (C=O) groups excluding carboxylic acids is 1. The molecule has 2 N–H and O–H groups in total. The maximum atomic E-state index is 12.3. The van der Waals surface area contributed by atoms with Gasteiger partial charge in [0.05, 0.1) is 18.4 Å². The lowest BCUT2D eigenvalue weighted by Crippen LogP contribution is -2.34. The minimum Gasteiger partial charge on any atom is -0.494 e. The van der Waals surface area contributed by atoms with E-state index in [-0.39, 0.29) is 5.91 Å². The van der Waals surface area contributed by atoms with Gasteiger partial charge in [-0.1, -0.05) is 18.2 Å². The molecule has 0 spiro atoms. The Morgan fingerprint density at radius 2 is 2.00 bits per heavy atom. The minimum atomic E-state index is -0.928. The van der Waals surface area contributed by atoms with Crippen molar-refractivity contribution >= 4 is 17.6 Å². The maximum Gasteiger partial charge on any atom is 0.307 e. The predicted octanol–water partition coefficient (Wildman–Crippen LogP) is 2.69. The highest BCUT2D eigenvalue weighted by molar-refractivity contribution is 5.95. The number of hydrogen-bond donors (Lipinski definition) is 2. The van der Waals surface area contributed by atoms with Gasteiger partial charge in [0.2, 0.25) is 5.91 Å². The van der Waals surface area contributed by atoms with Crippen molar-refractivity contribution in [2.45, 2.75) is 19.8 Å². The number of aliphatic carboxylic acids is 1. The largest absolute Gasteiger partial charge is 0.494 e. The van der Waals surface area contributed by atoms with E-state index in [4.69, 9.17) is 4.74 Å². The van der Waals surface area contributed by atoms with Crippen molar-refractivity contribution in [1.29, 1.82) is 0 Å². The molecule has 5 heteroatoms. The third kappa shape index (κ3) is 3.84. The fourth-order valence-corrected chi connectivity index (χ4v) is 2.44. The molecular formula is C16H19NO4. The van der Waals surface area contributed by atoms with E-state index < -0.39 is 17.8 Å². The molecule has 0 radical (unpaired) electrons. The number of hydrogen-bond acceptors (Lipinski definition) is 3. The van der Waals surface area contributed by atoms with Gasteiger partial charge in [-0.2, -0.15) is 0 Å². The van der Waals surface area contributed by atoms with Crippen molar-refractivity contribution in [1.82, 2.24) is 0 Å². The number of carbonyl (C=O) groups is 2. The smallest absolute Gasteiger partial charge is 0.307 e. The van der Waals surface area contributed by atoms with Gasteiger partial charge >= 0.3 is 5.97 Å². The van der Waals surface area contributed by atoms with Gasteiger partial charge in [-0.05, 0) is 31.9 Å². The summed E-state index contributed by atoms with van der Waals surface area (Å²) in [6.45, 7) is 2.43. The SMILES string of the molecule is CCOc1cccc(NC(=O)[C@@H]2CC=CC[C@@H]2C(=O)O)c1. The molecule has 0 unspecified atom stereocenters. The van der Waals surface area contributed by atoms with Gasteiger partial charge in [0, 0.05) is 11.8 Å². The zero-order valence-corrected chi connectivity index (χ0v) is 11.9. The molecule has 0 bridgehead atoms. The summed E-state index contributed by atoms with van der Waals surface area (Å²) >= 11 is 0. The highest BCUT2D eigenvalue weighted by Crippen LogP contribution is 2.27. The maximum absolute atomic E-state index is 12.3. The second kappa shape index (κ2) is 6.92. The average Bonchev–Trinajstić information content (AvgIpc) is 2.48. The minimum absolute atomic E-state index is 0.264. The Hall–Kier alpha value is -2.30. The van der Waals surface area contributed by atoms with E-state index in [1.807, 2.05) is 25.1 Å². The van der Waals surface area contributed by atoms with Crippen molar-refractivity contribution in [3.63, 3.8) is 0 Å². The van der Waals surface area contributed by atoms with Gasteiger partial charge in [0.15, 0.2) is 0 Å². The molecule has 5 nitrogen and oxygen atoms in total. The normalized spacial score (nSPS) is 20.8. The summed E-state index contributed by atoms with van der Waals surface area (Å²) in [7, 11) is 0. The van der Waals surface area contributed by atoms with Crippen LogP contribution in [0.3, 0.4) is 0 Å². The Morgan fingerprint density at radius 1 is 1.29 bits per heavy atom. The van der Waals surface area contributed by atoms with E-state index in [9.17, 15) is 14.7 Å². The van der Waals surface area contributed by atoms with Crippen molar-refractivity contribution in [2.75, 3.05) is 11.9 Å². The van der Waals surface area contributed by atoms with E-state index in [1.54, 1.807) is 18.2 Å². The Labute approximate surface area is 123 Å². The van der Waals surface area contributed by atoms with Gasteiger partial charge < -0.3 is 15.2 Å². The Kier molecular flexibility index (Phi) is 4.98. The first kappa shape index (κ1) is 15.1. The molecule has 2 atom stereocenters. The van der Waals surface area contributed by atoms with Crippen molar-refractivity contribution in [3.8, 4) is 5.75 Å². The lowest BCUT2D eigenvalue weighted by Gasteiger charge is -2.24. The molecule has 1 aliphatic rings. The van der Waals surface area contributed by atoms with E-state index in [1.165, 1.54) is 0 Å². The number of allylic oxidation sites excluding steroid dienone is 2. The van der Waals surface area contributed by atoms with E-state index in [2.05, 4.69) is 5.32 Å². The number of rotatable bonds is 5. The van der Waals surface area contributed by atoms with Crippen LogP contribution in [0.2, 0.25) is 0 Å². The summed E-state index contributed by atoms with van der Waals surface area (Å²) in [5.41, 5.74) is 0.615. The fourth-order valence-electron chi connectivity index (χ4n) is 2.44. The van der Waals surface area contributed by atoms with Crippen LogP contribution in [0.5, 0.6) is 5.75 Å². The molecule has 0 saturated carbocycles. The molecule has 1 aliphatic carbocycles. The molecule has 0 fully saturated rings. The first-order valence-corrected chi connectivity index (χ1v) is 7.03. The molecule has 2 rings (SSSR count).